The van der Waals surface area contributed by atoms with Gasteiger partial charge in [0.1, 0.15) is 5.41 Å². The van der Waals surface area contributed by atoms with Crippen molar-refractivity contribution < 1.29 is 19.7 Å². The van der Waals surface area contributed by atoms with Crippen LogP contribution in [0.25, 0.3) is 0 Å². The molecule has 0 saturated heterocycles. The van der Waals surface area contributed by atoms with Gasteiger partial charge < -0.3 is 14.9 Å². The van der Waals surface area contributed by atoms with Crippen LogP contribution in [0.1, 0.15) is 20.8 Å². The Bertz CT molecular complexity index is 155. The normalized spacial score (nSPS) is 18.1. The summed E-state index contributed by atoms with van der Waals surface area (Å²) in [6, 6.07) is 0. The van der Waals surface area contributed by atoms with Crippen molar-refractivity contribution in [1.29, 1.82) is 0 Å². The van der Waals surface area contributed by atoms with Crippen molar-refractivity contribution in [2.45, 2.75) is 26.9 Å². The molecule has 0 spiro atoms. The molecule has 0 aliphatic carbocycles. The van der Waals surface area contributed by atoms with Crippen LogP contribution in [0, 0.1) is 5.41 Å². The second-order valence-electron chi connectivity index (χ2n) is 2.97. The molecule has 2 N–H and O–H groups in total. The maximum Gasteiger partial charge on any atom is 0.316 e. The van der Waals surface area contributed by atoms with E-state index in [1.165, 1.54) is 13.8 Å². The Labute approximate surface area is 72.2 Å². The zero-order valence-corrected chi connectivity index (χ0v) is 7.70. The molecule has 0 rings (SSSR count). The van der Waals surface area contributed by atoms with E-state index in [2.05, 4.69) is 0 Å². The smallest absolute Gasteiger partial charge is 0.316 e. The SMILES string of the molecule is CCOC(=O)[C@@](C)(CO)[C@H](C)O. The van der Waals surface area contributed by atoms with Gasteiger partial charge >= 0.3 is 5.97 Å². The number of aliphatic hydroxyl groups is 2. The molecule has 0 bridgehead atoms. The number of hydrogen-bond acceptors (Lipinski definition) is 4. The molecule has 0 saturated carbocycles. The first-order valence-electron chi connectivity index (χ1n) is 3.95. The highest BCUT2D eigenvalue weighted by Gasteiger charge is 2.39. The molecule has 0 aliphatic heterocycles. The van der Waals surface area contributed by atoms with E-state index in [-0.39, 0.29) is 6.61 Å². The van der Waals surface area contributed by atoms with Gasteiger partial charge in [0.2, 0.25) is 0 Å². The predicted octanol–water partition coefficient (Wildman–Crippen LogP) is -0.0711. The van der Waals surface area contributed by atoms with E-state index < -0.39 is 24.1 Å². The van der Waals surface area contributed by atoms with Gasteiger partial charge in [-0.1, -0.05) is 0 Å². The summed E-state index contributed by atoms with van der Waals surface area (Å²) in [4.78, 5) is 11.2. The number of aliphatic hydroxyl groups excluding tert-OH is 2. The number of carbonyl (C=O) groups excluding carboxylic acids is 1. The maximum atomic E-state index is 11.2. The number of ether oxygens (including phenoxy) is 1. The lowest BCUT2D eigenvalue weighted by atomic mass is 9.86. The first kappa shape index (κ1) is 11.4. The minimum atomic E-state index is -1.20. The van der Waals surface area contributed by atoms with E-state index in [0.717, 1.165) is 0 Å². The highest BCUT2D eigenvalue weighted by atomic mass is 16.5. The average molecular weight is 176 g/mol. The van der Waals surface area contributed by atoms with Crippen LogP contribution in [0.5, 0.6) is 0 Å². The van der Waals surface area contributed by atoms with Crippen LogP contribution in [0.3, 0.4) is 0 Å². The third-order valence-corrected chi connectivity index (χ3v) is 1.99. The van der Waals surface area contributed by atoms with Crippen LogP contribution in [-0.4, -0.2) is 35.5 Å². The van der Waals surface area contributed by atoms with Crippen molar-refractivity contribution in [2.75, 3.05) is 13.2 Å². The molecular formula is C8H16O4. The monoisotopic (exact) mass is 176 g/mol. The average Bonchev–Trinajstić information content (AvgIpc) is 2.03. The van der Waals surface area contributed by atoms with Crippen LogP contribution < -0.4 is 0 Å². The minimum absolute atomic E-state index is 0.251. The van der Waals surface area contributed by atoms with Gasteiger partial charge in [-0.25, -0.2) is 0 Å². The highest BCUT2D eigenvalue weighted by molar-refractivity contribution is 5.77. The van der Waals surface area contributed by atoms with Crippen molar-refractivity contribution in [1.82, 2.24) is 0 Å². The van der Waals surface area contributed by atoms with E-state index >= 15 is 0 Å². The summed E-state index contributed by atoms with van der Waals surface area (Å²) in [5, 5.41) is 18.1. The molecule has 0 aromatic rings. The zero-order valence-electron chi connectivity index (χ0n) is 7.70. The van der Waals surface area contributed by atoms with Crippen LogP contribution >= 0.6 is 0 Å². The molecule has 72 valence electrons. The summed E-state index contributed by atoms with van der Waals surface area (Å²) in [5.41, 5.74) is -1.20. The first-order chi connectivity index (χ1) is 5.49. The second kappa shape index (κ2) is 4.42. The van der Waals surface area contributed by atoms with Crippen molar-refractivity contribution in [3.63, 3.8) is 0 Å². The van der Waals surface area contributed by atoms with Gasteiger partial charge in [-0.3, -0.25) is 4.79 Å². The molecule has 4 heteroatoms. The fourth-order valence-electron chi connectivity index (χ4n) is 0.663. The lowest BCUT2D eigenvalue weighted by Crippen LogP contribution is -2.42. The Morgan fingerprint density at radius 2 is 2.17 bits per heavy atom. The van der Waals surface area contributed by atoms with Gasteiger partial charge in [0.15, 0.2) is 0 Å². The Hall–Kier alpha value is -0.610. The number of carbonyl (C=O) groups is 1. The van der Waals surface area contributed by atoms with Crippen LogP contribution in [-0.2, 0) is 9.53 Å². The van der Waals surface area contributed by atoms with Crippen LogP contribution in [0.2, 0.25) is 0 Å². The molecule has 0 aromatic carbocycles. The molecule has 0 unspecified atom stereocenters. The van der Waals surface area contributed by atoms with Crippen LogP contribution in [0.4, 0.5) is 0 Å². The Morgan fingerprint density at radius 1 is 1.67 bits per heavy atom. The molecular weight excluding hydrogens is 160 g/mol. The quantitative estimate of drug-likeness (QED) is 0.588. The van der Waals surface area contributed by atoms with Gasteiger partial charge in [0.05, 0.1) is 19.3 Å². The molecule has 0 fully saturated rings. The van der Waals surface area contributed by atoms with E-state index in [0.29, 0.717) is 0 Å². The van der Waals surface area contributed by atoms with Gasteiger partial charge in [-0.05, 0) is 20.8 Å². The first-order valence-corrected chi connectivity index (χ1v) is 3.95. The molecule has 0 heterocycles. The third kappa shape index (κ3) is 2.19. The molecule has 4 nitrogen and oxygen atoms in total. The van der Waals surface area contributed by atoms with Crippen molar-refractivity contribution in [2.24, 2.45) is 5.41 Å². The zero-order chi connectivity index (χ0) is 9.78. The van der Waals surface area contributed by atoms with Gasteiger partial charge in [-0.2, -0.15) is 0 Å². The second-order valence-corrected chi connectivity index (χ2v) is 2.97. The lowest BCUT2D eigenvalue weighted by Gasteiger charge is -2.27. The topological polar surface area (TPSA) is 66.8 Å². The molecule has 2 atom stereocenters. The summed E-state index contributed by atoms with van der Waals surface area (Å²) in [6.07, 6.45) is -0.915. The molecule has 0 aromatic heterocycles. The van der Waals surface area contributed by atoms with Gasteiger partial charge in [0.25, 0.3) is 0 Å². The molecule has 0 aliphatic rings. The number of rotatable bonds is 4. The largest absolute Gasteiger partial charge is 0.465 e. The van der Waals surface area contributed by atoms with Gasteiger partial charge in [-0.15, -0.1) is 0 Å². The van der Waals surface area contributed by atoms with Crippen molar-refractivity contribution in [3.05, 3.63) is 0 Å². The standard InChI is InChI=1S/C8H16O4/c1-4-12-7(11)8(3,5-9)6(2)10/h6,9-10H,4-5H2,1-3H3/t6-,8-/m0/s1. The summed E-state index contributed by atoms with van der Waals surface area (Å²) in [7, 11) is 0. The Kier molecular flexibility index (Phi) is 4.20. The lowest BCUT2D eigenvalue weighted by molar-refractivity contribution is -0.164. The number of hydrogen-bond donors (Lipinski definition) is 2. The molecule has 12 heavy (non-hydrogen) atoms. The minimum Gasteiger partial charge on any atom is -0.465 e. The fourth-order valence-corrected chi connectivity index (χ4v) is 0.663. The summed E-state index contributed by atoms with van der Waals surface area (Å²) < 4.78 is 4.70. The van der Waals surface area contributed by atoms with Crippen molar-refractivity contribution >= 4 is 5.97 Å². The highest BCUT2D eigenvalue weighted by Crippen LogP contribution is 2.22. The summed E-state index contributed by atoms with van der Waals surface area (Å²) in [6.45, 7) is 4.44. The fraction of sp³-hybridized carbons (Fsp3) is 0.875. The van der Waals surface area contributed by atoms with Crippen molar-refractivity contribution in [3.8, 4) is 0 Å². The predicted molar refractivity (Wildman–Crippen MR) is 43.5 cm³/mol. The molecule has 0 amide bonds. The van der Waals surface area contributed by atoms with E-state index in [1.54, 1.807) is 6.92 Å². The molecule has 0 radical (unpaired) electrons. The maximum absolute atomic E-state index is 11.2. The third-order valence-electron chi connectivity index (χ3n) is 1.99. The van der Waals surface area contributed by atoms with E-state index in [1.807, 2.05) is 0 Å². The van der Waals surface area contributed by atoms with E-state index in [4.69, 9.17) is 9.84 Å². The Morgan fingerprint density at radius 3 is 2.42 bits per heavy atom. The van der Waals surface area contributed by atoms with E-state index in [9.17, 15) is 9.90 Å². The number of esters is 1. The summed E-state index contributed by atoms with van der Waals surface area (Å²) in [5.74, 6) is -0.567. The summed E-state index contributed by atoms with van der Waals surface area (Å²) >= 11 is 0. The van der Waals surface area contributed by atoms with Gasteiger partial charge in [0, 0.05) is 0 Å². The van der Waals surface area contributed by atoms with Crippen LogP contribution in [0.15, 0.2) is 0 Å². The Balaban J connectivity index is 4.40.